The molecular weight excluding hydrogens is 306 g/mol. The Morgan fingerprint density at radius 3 is 2.16 bits per heavy atom. The summed E-state index contributed by atoms with van der Waals surface area (Å²) in [6.45, 7) is 5.84. The van der Waals surface area contributed by atoms with Crippen molar-refractivity contribution in [3.05, 3.63) is 71.8 Å². The fraction of sp³-hybridized carbons (Fsp3) is 0.478. The summed E-state index contributed by atoms with van der Waals surface area (Å²) in [6.07, 6.45) is 3.68. The quantitative estimate of drug-likeness (QED) is 0.781. The van der Waals surface area contributed by atoms with Gasteiger partial charge in [0.1, 0.15) is 0 Å². The maximum atomic E-state index is 10.3. The van der Waals surface area contributed by atoms with E-state index in [0.29, 0.717) is 17.9 Å². The second-order valence-corrected chi connectivity index (χ2v) is 7.34. The van der Waals surface area contributed by atoms with E-state index in [4.69, 9.17) is 0 Å². The smallest absolute Gasteiger partial charge is 0.0628 e. The van der Waals surface area contributed by atoms with E-state index in [0.717, 1.165) is 6.54 Å². The highest BCUT2D eigenvalue weighted by Gasteiger charge is 2.39. The van der Waals surface area contributed by atoms with E-state index in [1.54, 1.807) is 0 Å². The van der Waals surface area contributed by atoms with Gasteiger partial charge in [0, 0.05) is 12.6 Å². The molecule has 1 saturated heterocycles. The molecule has 3 rings (SSSR count). The normalized spacial score (nSPS) is 25.6. The van der Waals surface area contributed by atoms with Gasteiger partial charge >= 0.3 is 0 Å². The Kier molecular flexibility index (Phi) is 6.28. The van der Waals surface area contributed by atoms with E-state index in [1.807, 2.05) is 6.07 Å². The third-order valence-electron chi connectivity index (χ3n) is 5.91. The number of piperidine rings is 1. The van der Waals surface area contributed by atoms with Crippen molar-refractivity contribution < 1.29 is 5.11 Å². The lowest BCUT2D eigenvalue weighted by Crippen LogP contribution is -2.45. The van der Waals surface area contributed by atoms with Crippen LogP contribution in [0.4, 0.5) is 0 Å². The van der Waals surface area contributed by atoms with Crippen molar-refractivity contribution in [1.82, 2.24) is 4.90 Å². The summed E-state index contributed by atoms with van der Waals surface area (Å²) >= 11 is 0. The zero-order valence-corrected chi connectivity index (χ0v) is 15.5. The number of hydrogen-bond acceptors (Lipinski definition) is 2. The van der Waals surface area contributed by atoms with Gasteiger partial charge in [-0.25, -0.2) is 0 Å². The lowest BCUT2D eigenvalue weighted by atomic mass is 9.76. The van der Waals surface area contributed by atoms with Crippen LogP contribution in [0.15, 0.2) is 60.7 Å². The maximum Gasteiger partial charge on any atom is 0.0628 e. The van der Waals surface area contributed by atoms with E-state index in [2.05, 4.69) is 73.3 Å². The molecule has 0 spiro atoms. The highest BCUT2D eigenvalue weighted by molar-refractivity contribution is 5.24. The first-order valence-electron chi connectivity index (χ1n) is 9.74. The van der Waals surface area contributed by atoms with Crippen molar-refractivity contribution in [2.24, 2.45) is 11.8 Å². The topological polar surface area (TPSA) is 23.5 Å². The summed E-state index contributed by atoms with van der Waals surface area (Å²) < 4.78 is 0. The fourth-order valence-electron chi connectivity index (χ4n) is 4.51. The first-order valence-corrected chi connectivity index (χ1v) is 9.74. The Hall–Kier alpha value is -1.64. The Labute approximate surface area is 152 Å². The highest BCUT2D eigenvalue weighted by atomic mass is 16.3. The number of hydrogen-bond donors (Lipinski definition) is 1. The standard InChI is InChI=1S/C23H31NO/c1-3-18-15-19(4-2)23(21-13-9-6-10-14-21)24(16-18)22(17-25)20-11-7-5-8-12-20/h5-14,18-19,22-23,25H,3-4,15-17H2,1-2H3/t18-,19-,22+,23+/m1/s1. The molecule has 0 unspecified atom stereocenters. The van der Waals surface area contributed by atoms with Crippen LogP contribution in [0.5, 0.6) is 0 Å². The maximum absolute atomic E-state index is 10.3. The van der Waals surface area contributed by atoms with E-state index in [-0.39, 0.29) is 12.6 Å². The second kappa shape index (κ2) is 8.64. The van der Waals surface area contributed by atoms with Gasteiger partial charge in [0.25, 0.3) is 0 Å². The van der Waals surface area contributed by atoms with Gasteiger partial charge in [-0.3, -0.25) is 4.90 Å². The van der Waals surface area contributed by atoms with Crippen molar-refractivity contribution in [1.29, 1.82) is 0 Å². The van der Waals surface area contributed by atoms with Crippen LogP contribution in [0.2, 0.25) is 0 Å². The van der Waals surface area contributed by atoms with E-state index >= 15 is 0 Å². The minimum absolute atomic E-state index is 0.0646. The van der Waals surface area contributed by atoms with E-state index in [1.165, 1.54) is 30.4 Å². The predicted molar refractivity (Wildman–Crippen MR) is 104 cm³/mol. The molecule has 0 saturated carbocycles. The predicted octanol–water partition coefficient (Wildman–Crippen LogP) is 5.22. The van der Waals surface area contributed by atoms with Crippen LogP contribution >= 0.6 is 0 Å². The monoisotopic (exact) mass is 337 g/mol. The Morgan fingerprint density at radius 2 is 1.60 bits per heavy atom. The molecule has 0 amide bonds. The number of benzene rings is 2. The van der Waals surface area contributed by atoms with Gasteiger partial charge in [-0.1, -0.05) is 87.4 Å². The van der Waals surface area contributed by atoms with Crippen LogP contribution in [0, 0.1) is 11.8 Å². The van der Waals surface area contributed by atoms with Gasteiger partial charge in [0.05, 0.1) is 12.6 Å². The number of nitrogens with zero attached hydrogens (tertiary/aromatic N) is 1. The van der Waals surface area contributed by atoms with Crippen LogP contribution < -0.4 is 0 Å². The first kappa shape index (κ1) is 18.2. The minimum Gasteiger partial charge on any atom is -0.394 e. The van der Waals surface area contributed by atoms with Gasteiger partial charge in [-0.2, -0.15) is 0 Å². The first-order chi connectivity index (χ1) is 12.3. The van der Waals surface area contributed by atoms with Crippen LogP contribution in [0.1, 0.15) is 56.3 Å². The Morgan fingerprint density at radius 1 is 0.960 bits per heavy atom. The second-order valence-electron chi connectivity index (χ2n) is 7.34. The molecule has 25 heavy (non-hydrogen) atoms. The van der Waals surface area contributed by atoms with Gasteiger partial charge in [0.15, 0.2) is 0 Å². The molecule has 2 heteroatoms. The van der Waals surface area contributed by atoms with E-state index < -0.39 is 0 Å². The zero-order chi connectivity index (χ0) is 17.6. The lowest BCUT2D eigenvalue weighted by Gasteiger charge is -2.48. The molecule has 0 bridgehead atoms. The molecule has 4 atom stereocenters. The van der Waals surface area contributed by atoms with Crippen LogP contribution in [0.25, 0.3) is 0 Å². The Bertz CT molecular complexity index is 627. The molecule has 2 nitrogen and oxygen atoms in total. The molecule has 134 valence electrons. The van der Waals surface area contributed by atoms with Gasteiger partial charge in [0.2, 0.25) is 0 Å². The lowest BCUT2D eigenvalue weighted by molar-refractivity contribution is -0.00548. The fourth-order valence-corrected chi connectivity index (χ4v) is 4.51. The number of aliphatic hydroxyl groups excluding tert-OH is 1. The summed E-state index contributed by atoms with van der Waals surface area (Å²) in [5, 5.41) is 10.3. The average Bonchev–Trinajstić information content (AvgIpc) is 2.69. The van der Waals surface area contributed by atoms with Crippen molar-refractivity contribution >= 4 is 0 Å². The van der Waals surface area contributed by atoms with Crippen molar-refractivity contribution in [2.75, 3.05) is 13.2 Å². The van der Waals surface area contributed by atoms with Gasteiger partial charge < -0.3 is 5.11 Å². The molecule has 0 radical (unpaired) electrons. The van der Waals surface area contributed by atoms with Crippen LogP contribution in [-0.4, -0.2) is 23.2 Å². The van der Waals surface area contributed by atoms with Crippen molar-refractivity contribution in [3.8, 4) is 0 Å². The van der Waals surface area contributed by atoms with Gasteiger partial charge in [-0.05, 0) is 29.4 Å². The van der Waals surface area contributed by atoms with Crippen molar-refractivity contribution in [2.45, 2.75) is 45.2 Å². The third kappa shape index (κ3) is 3.96. The molecule has 1 aliphatic rings. The summed E-state index contributed by atoms with van der Waals surface area (Å²) in [7, 11) is 0. The largest absolute Gasteiger partial charge is 0.394 e. The summed E-state index contributed by atoms with van der Waals surface area (Å²) in [5.74, 6) is 1.35. The molecule has 1 fully saturated rings. The summed E-state index contributed by atoms with van der Waals surface area (Å²) in [6, 6.07) is 21.8. The van der Waals surface area contributed by atoms with Crippen LogP contribution in [0.3, 0.4) is 0 Å². The zero-order valence-electron chi connectivity index (χ0n) is 15.5. The van der Waals surface area contributed by atoms with Crippen LogP contribution in [-0.2, 0) is 0 Å². The third-order valence-corrected chi connectivity index (χ3v) is 5.91. The molecule has 1 N–H and O–H groups in total. The van der Waals surface area contributed by atoms with E-state index in [9.17, 15) is 5.11 Å². The number of rotatable bonds is 6. The average molecular weight is 338 g/mol. The number of likely N-dealkylation sites (tertiary alicyclic amines) is 1. The molecule has 0 aliphatic carbocycles. The molecule has 1 heterocycles. The molecule has 2 aromatic rings. The van der Waals surface area contributed by atoms with Crippen molar-refractivity contribution in [3.63, 3.8) is 0 Å². The van der Waals surface area contributed by atoms with Gasteiger partial charge in [-0.15, -0.1) is 0 Å². The minimum atomic E-state index is 0.0646. The molecule has 0 aromatic heterocycles. The number of aliphatic hydroxyl groups is 1. The molecule has 1 aliphatic heterocycles. The summed E-state index contributed by atoms with van der Waals surface area (Å²) in [4.78, 5) is 2.58. The molecular formula is C23H31NO. The summed E-state index contributed by atoms with van der Waals surface area (Å²) in [5.41, 5.74) is 2.61. The Balaban J connectivity index is 2.00. The molecule has 2 aromatic carbocycles. The SMILES string of the molecule is CC[C@@H]1C[C@@H](CC)[C@@H](c2ccccc2)N([C@@H](CO)c2ccccc2)C1. The highest BCUT2D eigenvalue weighted by Crippen LogP contribution is 2.44.